The van der Waals surface area contributed by atoms with Crippen molar-refractivity contribution in [2.75, 3.05) is 0 Å². The summed E-state index contributed by atoms with van der Waals surface area (Å²) in [5.41, 5.74) is 2.83. The number of halogens is 6. The smallest absolute Gasteiger partial charge is 0.384 e. The molecular formula is C33H26F6N2O2. The molecule has 0 aliphatic rings. The van der Waals surface area contributed by atoms with E-state index in [0.29, 0.717) is 16.7 Å². The zero-order valence-electron chi connectivity index (χ0n) is 22.6. The Kier molecular flexibility index (Phi) is 10.3. The lowest BCUT2D eigenvalue weighted by Crippen LogP contribution is -2.06. The monoisotopic (exact) mass is 596 g/mol. The second-order valence-corrected chi connectivity index (χ2v) is 9.45. The average molecular weight is 597 g/mol. The van der Waals surface area contributed by atoms with Crippen LogP contribution in [-0.2, 0) is 30.3 Å². The van der Waals surface area contributed by atoms with Crippen LogP contribution >= 0.6 is 0 Å². The lowest BCUT2D eigenvalue weighted by molar-refractivity contribution is -0.138. The molecule has 0 fully saturated rings. The molecule has 4 nitrogen and oxygen atoms in total. The highest BCUT2D eigenvalue weighted by molar-refractivity contribution is 5.63. The van der Waals surface area contributed by atoms with Crippen molar-refractivity contribution in [1.29, 1.82) is 0 Å². The summed E-state index contributed by atoms with van der Waals surface area (Å²) in [6.07, 6.45) is -4.88. The number of nitrogens with zero attached hydrogens (tertiary/aromatic N) is 2. The van der Waals surface area contributed by atoms with E-state index in [0.717, 1.165) is 41.0 Å². The van der Waals surface area contributed by atoms with Crippen LogP contribution < -0.4 is 0 Å². The molecule has 10 heteroatoms. The van der Waals surface area contributed by atoms with Crippen molar-refractivity contribution in [3.05, 3.63) is 155 Å². The van der Waals surface area contributed by atoms with E-state index in [4.69, 9.17) is 4.74 Å². The molecule has 1 aromatic heterocycles. The Labute approximate surface area is 244 Å². The van der Waals surface area contributed by atoms with Crippen LogP contribution in [0.2, 0.25) is 0 Å². The first-order valence-electron chi connectivity index (χ1n) is 13.0. The minimum absolute atomic E-state index is 0.125. The maximum absolute atomic E-state index is 12.6. The fraction of sp³-hybridized carbons (Fsp3) is 0.152. The van der Waals surface area contributed by atoms with Crippen molar-refractivity contribution < 1.29 is 36.2 Å². The first-order valence-corrected chi connectivity index (χ1v) is 13.0. The molecule has 0 spiro atoms. The van der Waals surface area contributed by atoms with E-state index in [1.165, 1.54) is 30.6 Å². The van der Waals surface area contributed by atoms with Gasteiger partial charge < -0.3 is 9.84 Å². The molecular weight excluding hydrogens is 570 g/mol. The summed E-state index contributed by atoms with van der Waals surface area (Å²) in [6.45, 7) is -0.250. The third-order valence-electron chi connectivity index (χ3n) is 6.28. The Morgan fingerprint density at radius 2 is 1.07 bits per heavy atom. The summed E-state index contributed by atoms with van der Waals surface area (Å²) in [4.78, 5) is 7.85. The number of hydrogen-bond acceptors (Lipinski definition) is 4. The Morgan fingerprint density at radius 1 is 0.581 bits per heavy atom. The summed E-state index contributed by atoms with van der Waals surface area (Å²) in [5.74, 6) is 0. The van der Waals surface area contributed by atoms with Gasteiger partial charge in [-0.3, -0.25) is 0 Å². The molecule has 5 rings (SSSR count). The summed E-state index contributed by atoms with van der Waals surface area (Å²) in [6, 6.07) is 27.3. The van der Waals surface area contributed by atoms with Crippen molar-refractivity contribution >= 4 is 0 Å². The zero-order valence-corrected chi connectivity index (χ0v) is 22.6. The molecule has 0 bridgehead atoms. The van der Waals surface area contributed by atoms with Crippen LogP contribution in [0.1, 0.15) is 39.5 Å². The number of aromatic nitrogens is 2. The van der Waals surface area contributed by atoms with Crippen molar-refractivity contribution in [2.45, 2.75) is 31.7 Å². The van der Waals surface area contributed by atoms with Gasteiger partial charge in [0.05, 0.1) is 24.3 Å². The van der Waals surface area contributed by atoms with Crippen LogP contribution in [0.5, 0.6) is 0 Å². The topological polar surface area (TPSA) is 55.2 Å². The molecule has 1 atom stereocenters. The summed E-state index contributed by atoms with van der Waals surface area (Å²) in [5, 5.41) is 10.3. The minimum atomic E-state index is -4.45. The summed E-state index contributed by atoms with van der Waals surface area (Å²) >= 11 is 0. The van der Waals surface area contributed by atoms with Gasteiger partial charge in [0.25, 0.3) is 0 Å². The van der Waals surface area contributed by atoms with Gasteiger partial charge in [0.15, 0.2) is 0 Å². The number of aliphatic hydroxyl groups excluding tert-OH is 1. The molecule has 0 aliphatic carbocycles. The number of hydrogen-bond donors (Lipinski definition) is 1. The Bertz CT molecular complexity index is 1520. The van der Waals surface area contributed by atoms with E-state index in [1.807, 2.05) is 42.5 Å². The van der Waals surface area contributed by atoms with Crippen molar-refractivity contribution in [1.82, 2.24) is 9.97 Å². The molecule has 0 saturated heterocycles. The fourth-order valence-electron chi connectivity index (χ4n) is 4.09. The van der Waals surface area contributed by atoms with Crippen LogP contribution in [-0.4, -0.2) is 15.1 Å². The third kappa shape index (κ3) is 9.22. The molecule has 4 aromatic carbocycles. The van der Waals surface area contributed by atoms with Crippen molar-refractivity contribution in [2.24, 2.45) is 0 Å². The quantitative estimate of drug-likeness (QED) is 0.191. The van der Waals surface area contributed by atoms with Crippen LogP contribution in [0.4, 0.5) is 26.3 Å². The molecule has 1 heterocycles. The fourth-order valence-corrected chi connectivity index (χ4v) is 4.09. The predicted octanol–water partition coefficient (Wildman–Crippen LogP) is 8.67. The molecule has 222 valence electrons. The molecule has 0 radical (unpaired) electrons. The Hall–Kier alpha value is -4.54. The van der Waals surface area contributed by atoms with Crippen LogP contribution in [0.25, 0.3) is 11.1 Å². The van der Waals surface area contributed by atoms with E-state index in [2.05, 4.69) is 22.1 Å². The van der Waals surface area contributed by atoms with Gasteiger partial charge in [0.1, 0.15) is 12.4 Å². The maximum atomic E-state index is 12.6. The van der Waals surface area contributed by atoms with Gasteiger partial charge in [0.2, 0.25) is 0 Å². The van der Waals surface area contributed by atoms with Crippen LogP contribution in [0.3, 0.4) is 0 Å². The maximum Gasteiger partial charge on any atom is 0.416 e. The highest BCUT2D eigenvalue weighted by Crippen LogP contribution is 2.31. The largest absolute Gasteiger partial charge is 0.416 e. The minimum Gasteiger partial charge on any atom is -0.384 e. The number of aliphatic hydroxyl groups is 1. The van der Waals surface area contributed by atoms with Gasteiger partial charge in [-0.25, -0.2) is 9.97 Å². The first-order chi connectivity index (χ1) is 20.5. The van der Waals surface area contributed by atoms with Crippen molar-refractivity contribution in [3.8, 4) is 11.1 Å². The molecule has 43 heavy (non-hydrogen) atoms. The normalized spacial score (nSPS) is 12.3. The zero-order chi connectivity index (χ0) is 30.9. The molecule has 1 unspecified atom stereocenters. The van der Waals surface area contributed by atoms with Gasteiger partial charge in [0, 0.05) is 18.0 Å². The first kappa shape index (κ1) is 31.4. The summed E-state index contributed by atoms with van der Waals surface area (Å²) < 4.78 is 80.6. The number of rotatable bonds is 7. The van der Waals surface area contributed by atoms with E-state index in [1.54, 1.807) is 12.4 Å². The SMILES string of the molecule is FC(F)(F)c1cccc(COCc2cccc(C(F)(F)F)c2)c1.OC(c1ccc(-c2ccccc2)cc1)c1cncnc1. The van der Waals surface area contributed by atoms with Gasteiger partial charge in [-0.15, -0.1) is 0 Å². The van der Waals surface area contributed by atoms with Crippen LogP contribution in [0, 0.1) is 0 Å². The van der Waals surface area contributed by atoms with E-state index >= 15 is 0 Å². The Balaban J connectivity index is 0.000000198. The number of benzene rings is 4. The molecule has 5 aromatic rings. The predicted molar refractivity (Wildman–Crippen MR) is 149 cm³/mol. The van der Waals surface area contributed by atoms with Gasteiger partial charge in [-0.1, -0.05) is 78.9 Å². The number of ether oxygens (including phenoxy) is 1. The third-order valence-corrected chi connectivity index (χ3v) is 6.28. The molecule has 1 N–H and O–H groups in total. The molecule has 0 aliphatic heterocycles. The van der Waals surface area contributed by atoms with Gasteiger partial charge >= 0.3 is 12.4 Å². The standard InChI is InChI=1S/C17H14N2O.C16H12F6O/c20-17(16-10-18-12-19-11-16)15-8-6-14(7-9-15)13-4-2-1-3-5-13;17-15(18,19)13-5-1-3-11(7-13)9-23-10-12-4-2-6-14(8-12)16(20,21)22/h1-12,17,20H;1-8H,9-10H2. The van der Waals surface area contributed by atoms with Gasteiger partial charge in [-0.2, -0.15) is 26.3 Å². The van der Waals surface area contributed by atoms with E-state index < -0.39 is 29.6 Å². The number of alkyl halides is 6. The highest BCUT2D eigenvalue weighted by atomic mass is 19.4. The molecule has 0 saturated carbocycles. The second kappa shape index (κ2) is 14.1. The van der Waals surface area contributed by atoms with E-state index in [9.17, 15) is 31.4 Å². The average Bonchev–Trinajstić information content (AvgIpc) is 3.01. The van der Waals surface area contributed by atoms with Gasteiger partial charge in [-0.05, 0) is 52.1 Å². The molecule has 0 amide bonds. The highest BCUT2D eigenvalue weighted by Gasteiger charge is 2.31. The Morgan fingerprint density at radius 3 is 1.56 bits per heavy atom. The van der Waals surface area contributed by atoms with Crippen molar-refractivity contribution in [3.63, 3.8) is 0 Å². The van der Waals surface area contributed by atoms with Crippen LogP contribution in [0.15, 0.2) is 122 Å². The van der Waals surface area contributed by atoms with E-state index in [-0.39, 0.29) is 13.2 Å². The lowest BCUT2D eigenvalue weighted by Gasteiger charge is -2.11. The second-order valence-electron chi connectivity index (χ2n) is 9.45. The summed E-state index contributed by atoms with van der Waals surface area (Å²) in [7, 11) is 0. The lowest BCUT2D eigenvalue weighted by atomic mass is 10.00.